The van der Waals surface area contributed by atoms with E-state index in [1.807, 2.05) is 6.92 Å². The topological polar surface area (TPSA) is 35.5 Å². The van der Waals surface area contributed by atoms with Crippen LogP contribution >= 0.6 is 0 Å². The fourth-order valence-corrected chi connectivity index (χ4v) is 2.50. The van der Waals surface area contributed by atoms with Crippen molar-refractivity contribution in [1.29, 1.82) is 0 Å². The maximum atomic E-state index is 11.7. The first-order valence-corrected chi connectivity index (χ1v) is 5.79. The van der Waals surface area contributed by atoms with E-state index in [4.69, 9.17) is 9.47 Å². The van der Waals surface area contributed by atoms with Gasteiger partial charge in [0.25, 0.3) is 0 Å². The Hall–Kier alpha value is -0.990. The lowest BCUT2D eigenvalue weighted by Gasteiger charge is -2.20. The first kappa shape index (κ1) is 10.5. The summed E-state index contributed by atoms with van der Waals surface area (Å²) in [4.78, 5) is 11.7. The number of ether oxygens (including phenoxy) is 2. The molecule has 0 amide bonds. The predicted molar refractivity (Wildman–Crippen MR) is 56.2 cm³/mol. The van der Waals surface area contributed by atoms with Crippen LogP contribution < -0.4 is 0 Å². The van der Waals surface area contributed by atoms with Crippen LogP contribution in [0.5, 0.6) is 0 Å². The van der Waals surface area contributed by atoms with E-state index in [1.54, 1.807) is 0 Å². The zero-order valence-corrected chi connectivity index (χ0v) is 9.41. The molecule has 2 aliphatic rings. The Morgan fingerprint density at radius 2 is 2.40 bits per heavy atom. The zero-order chi connectivity index (χ0) is 10.8. The van der Waals surface area contributed by atoms with Gasteiger partial charge in [-0.15, -0.1) is 0 Å². The van der Waals surface area contributed by atoms with Gasteiger partial charge in [0.2, 0.25) is 0 Å². The SMILES string of the molecule is CCOC(=O)C1=C2OC(C)CC2CCC1. The fraction of sp³-hybridized carbons (Fsp3) is 0.750. The number of hydrogen-bond donors (Lipinski definition) is 0. The molecule has 1 aliphatic heterocycles. The van der Waals surface area contributed by atoms with E-state index in [0.717, 1.165) is 37.0 Å². The molecule has 3 heteroatoms. The summed E-state index contributed by atoms with van der Waals surface area (Å²) in [6.07, 6.45) is 4.36. The predicted octanol–water partition coefficient (Wildman–Crippen LogP) is 2.41. The second-order valence-electron chi connectivity index (χ2n) is 4.32. The highest BCUT2D eigenvalue weighted by atomic mass is 16.5. The molecular formula is C12H18O3. The van der Waals surface area contributed by atoms with Gasteiger partial charge in [-0.25, -0.2) is 4.79 Å². The van der Waals surface area contributed by atoms with E-state index in [1.165, 1.54) is 0 Å². The molecule has 0 saturated carbocycles. The van der Waals surface area contributed by atoms with E-state index in [0.29, 0.717) is 12.5 Å². The average molecular weight is 210 g/mol. The highest BCUT2D eigenvalue weighted by Gasteiger charge is 2.35. The number of hydrogen-bond acceptors (Lipinski definition) is 3. The van der Waals surface area contributed by atoms with Crippen LogP contribution in [0.25, 0.3) is 0 Å². The van der Waals surface area contributed by atoms with Crippen molar-refractivity contribution in [3.05, 3.63) is 11.3 Å². The quantitative estimate of drug-likeness (QED) is 0.656. The second-order valence-corrected chi connectivity index (χ2v) is 4.32. The molecule has 1 heterocycles. The van der Waals surface area contributed by atoms with E-state index >= 15 is 0 Å². The van der Waals surface area contributed by atoms with Gasteiger partial charge >= 0.3 is 5.97 Å². The van der Waals surface area contributed by atoms with Crippen LogP contribution in [0.3, 0.4) is 0 Å². The number of fused-ring (bicyclic) bond motifs is 1. The smallest absolute Gasteiger partial charge is 0.337 e. The Kier molecular flexibility index (Phi) is 2.98. The van der Waals surface area contributed by atoms with Gasteiger partial charge < -0.3 is 9.47 Å². The third-order valence-electron chi connectivity index (χ3n) is 3.11. The number of carbonyl (C=O) groups excluding carboxylic acids is 1. The van der Waals surface area contributed by atoms with E-state index in [-0.39, 0.29) is 12.1 Å². The lowest BCUT2D eigenvalue weighted by molar-refractivity contribution is -0.139. The minimum absolute atomic E-state index is 0.175. The Morgan fingerprint density at radius 1 is 1.60 bits per heavy atom. The molecule has 2 rings (SSSR count). The van der Waals surface area contributed by atoms with Gasteiger partial charge in [0, 0.05) is 5.92 Å². The summed E-state index contributed by atoms with van der Waals surface area (Å²) in [5, 5.41) is 0. The van der Waals surface area contributed by atoms with Crippen LogP contribution in [0.1, 0.15) is 39.5 Å². The maximum Gasteiger partial charge on any atom is 0.337 e. The van der Waals surface area contributed by atoms with Crippen molar-refractivity contribution < 1.29 is 14.3 Å². The summed E-state index contributed by atoms with van der Waals surface area (Å²) in [5.41, 5.74) is 0.789. The van der Waals surface area contributed by atoms with Gasteiger partial charge in [-0.05, 0) is 39.5 Å². The van der Waals surface area contributed by atoms with Gasteiger partial charge in [0.1, 0.15) is 5.76 Å². The normalized spacial score (nSPS) is 29.7. The summed E-state index contributed by atoms with van der Waals surface area (Å²) >= 11 is 0. The summed E-state index contributed by atoms with van der Waals surface area (Å²) in [5.74, 6) is 1.21. The molecule has 0 bridgehead atoms. The number of rotatable bonds is 2. The van der Waals surface area contributed by atoms with Crippen molar-refractivity contribution >= 4 is 5.97 Å². The summed E-state index contributed by atoms with van der Waals surface area (Å²) < 4.78 is 10.8. The minimum atomic E-state index is -0.175. The van der Waals surface area contributed by atoms with Crippen molar-refractivity contribution in [2.75, 3.05) is 6.61 Å². The lowest BCUT2D eigenvalue weighted by atomic mass is 9.87. The Morgan fingerprint density at radius 3 is 3.13 bits per heavy atom. The molecule has 0 radical (unpaired) electrons. The Labute approximate surface area is 90.4 Å². The number of carbonyl (C=O) groups is 1. The molecule has 2 unspecified atom stereocenters. The van der Waals surface area contributed by atoms with Gasteiger partial charge in [0.05, 0.1) is 18.3 Å². The summed E-state index contributed by atoms with van der Waals surface area (Å²) in [6.45, 7) is 4.34. The molecular weight excluding hydrogens is 192 g/mol. The standard InChI is InChI=1S/C12H18O3/c1-3-14-12(13)10-6-4-5-9-7-8(2)15-11(9)10/h8-9H,3-7H2,1-2H3. The zero-order valence-electron chi connectivity index (χ0n) is 9.41. The van der Waals surface area contributed by atoms with Crippen molar-refractivity contribution in [3.8, 4) is 0 Å². The van der Waals surface area contributed by atoms with Crippen LogP contribution in [0.4, 0.5) is 0 Å². The molecule has 1 saturated heterocycles. The molecule has 0 spiro atoms. The first-order valence-electron chi connectivity index (χ1n) is 5.79. The number of allylic oxidation sites excluding steroid dienone is 1. The van der Waals surface area contributed by atoms with Crippen molar-refractivity contribution in [1.82, 2.24) is 0 Å². The van der Waals surface area contributed by atoms with Crippen molar-refractivity contribution in [2.24, 2.45) is 5.92 Å². The third-order valence-corrected chi connectivity index (χ3v) is 3.11. The average Bonchev–Trinajstić information content (AvgIpc) is 2.57. The van der Waals surface area contributed by atoms with Gasteiger partial charge in [-0.3, -0.25) is 0 Å². The molecule has 15 heavy (non-hydrogen) atoms. The van der Waals surface area contributed by atoms with E-state index < -0.39 is 0 Å². The second kappa shape index (κ2) is 4.25. The fourth-order valence-electron chi connectivity index (χ4n) is 2.50. The minimum Gasteiger partial charge on any atom is -0.494 e. The molecule has 0 aromatic heterocycles. The first-order chi connectivity index (χ1) is 7.22. The van der Waals surface area contributed by atoms with E-state index in [2.05, 4.69) is 6.92 Å². The van der Waals surface area contributed by atoms with E-state index in [9.17, 15) is 4.79 Å². The van der Waals surface area contributed by atoms with Gasteiger partial charge in [-0.2, -0.15) is 0 Å². The molecule has 0 aromatic rings. The Balaban J connectivity index is 2.20. The summed E-state index contributed by atoms with van der Waals surface area (Å²) in [7, 11) is 0. The van der Waals surface area contributed by atoms with Crippen LogP contribution in [0, 0.1) is 5.92 Å². The van der Waals surface area contributed by atoms with Crippen LogP contribution in [-0.2, 0) is 14.3 Å². The highest BCUT2D eigenvalue weighted by molar-refractivity contribution is 5.89. The highest BCUT2D eigenvalue weighted by Crippen LogP contribution is 2.40. The summed E-state index contributed by atoms with van der Waals surface area (Å²) in [6, 6.07) is 0. The molecule has 0 aromatic carbocycles. The molecule has 1 fully saturated rings. The van der Waals surface area contributed by atoms with Crippen LogP contribution in [0.2, 0.25) is 0 Å². The maximum absolute atomic E-state index is 11.7. The van der Waals surface area contributed by atoms with Crippen LogP contribution in [0.15, 0.2) is 11.3 Å². The number of esters is 1. The molecule has 3 nitrogen and oxygen atoms in total. The van der Waals surface area contributed by atoms with Crippen LogP contribution in [-0.4, -0.2) is 18.7 Å². The largest absolute Gasteiger partial charge is 0.494 e. The third kappa shape index (κ3) is 2.01. The van der Waals surface area contributed by atoms with Gasteiger partial charge in [0.15, 0.2) is 0 Å². The van der Waals surface area contributed by atoms with Crippen molar-refractivity contribution in [2.45, 2.75) is 45.6 Å². The van der Waals surface area contributed by atoms with Crippen molar-refractivity contribution in [3.63, 3.8) is 0 Å². The molecule has 2 atom stereocenters. The molecule has 84 valence electrons. The lowest BCUT2D eigenvalue weighted by Crippen LogP contribution is -2.16. The Bertz CT molecular complexity index is 293. The van der Waals surface area contributed by atoms with Gasteiger partial charge in [-0.1, -0.05) is 0 Å². The monoisotopic (exact) mass is 210 g/mol. The molecule has 1 aliphatic carbocycles. The molecule has 0 N–H and O–H groups in total.